The van der Waals surface area contributed by atoms with Crippen LogP contribution in [0.15, 0.2) is 48.5 Å². The van der Waals surface area contributed by atoms with Crippen molar-refractivity contribution in [1.82, 2.24) is 5.32 Å². The van der Waals surface area contributed by atoms with Crippen molar-refractivity contribution in [2.75, 3.05) is 24.6 Å². The van der Waals surface area contributed by atoms with Crippen molar-refractivity contribution in [1.29, 1.82) is 0 Å². The second kappa shape index (κ2) is 9.55. The average Bonchev–Trinajstić information content (AvgIpc) is 2.72. The lowest BCUT2D eigenvalue weighted by Gasteiger charge is -2.33. The Balaban J connectivity index is 1.55. The molecule has 2 atom stereocenters. The molecule has 1 amide bonds. The molecule has 0 unspecified atom stereocenters. The highest BCUT2D eigenvalue weighted by molar-refractivity contribution is 5.78. The maximum Gasteiger partial charge on any atom is 0.258 e. The number of hydrogen-bond acceptors (Lipinski definition) is 3. The Bertz CT molecular complexity index is 839. The highest BCUT2D eigenvalue weighted by Gasteiger charge is 2.20. The van der Waals surface area contributed by atoms with E-state index in [-0.39, 0.29) is 24.0 Å². The molecule has 0 aliphatic carbocycles. The molecule has 1 N–H and O–H groups in total. The predicted octanol–water partition coefficient (Wildman–Crippen LogP) is 5.48. The number of rotatable bonds is 6. The molecule has 0 spiro atoms. The summed E-state index contributed by atoms with van der Waals surface area (Å²) in [4.78, 5) is 14.9. The van der Waals surface area contributed by atoms with Gasteiger partial charge in [-0.3, -0.25) is 4.79 Å². The minimum atomic E-state index is -0.111. The minimum absolute atomic E-state index is 0.0151. The van der Waals surface area contributed by atoms with E-state index in [2.05, 4.69) is 68.2 Å². The third-order valence-corrected chi connectivity index (χ3v) is 5.85. The van der Waals surface area contributed by atoms with Gasteiger partial charge in [0.1, 0.15) is 5.75 Å². The molecule has 3 rings (SSSR count). The molecule has 30 heavy (non-hydrogen) atoms. The van der Waals surface area contributed by atoms with Crippen LogP contribution in [0.1, 0.15) is 64.6 Å². The highest BCUT2D eigenvalue weighted by Crippen LogP contribution is 2.31. The Morgan fingerprint density at radius 3 is 2.53 bits per heavy atom. The molecular weight excluding hydrogens is 372 g/mol. The van der Waals surface area contributed by atoms with E-state index >= 15 is 0 Å². The van der Waals surface area contributed by atoms with Crippen LogP contribution in [0.2, 0.25) is 0 Å². The summed E-state index contributed by atoms with van der Waals surface area (Å²) in [6, 6.07) is 16.5. The number of carbonyl (C=O) groups excluding carboxylic acids is 1. The van der Waals surface area contributed by atoms with Crippen molar-refractivity contribution < 1.29 is 9.53 Å². The molecule has 0 saturated carbocycles. The van der Waals surface area contributed by atoms with Crippen molar-refractivity contribution in [3.8, 4) is 5.75 Å². The van der Waals surface area contributed by atoms with Crippen LogP contribution in [0.25, 0.3) is 0 Å². The number of hydrogen-bond donors (Lipinski definition) is 1. The van der Waals surface area contributed by atoms with E-state index in [4.69, 9.17) is 4.74 Å². The van der Waals surface area contributed by atoms with E-state index in [1.807, 2.05) is 25.1 Å². The third kappa shape index (κ3) is 5.78. The Morgan fingerprint density at radius 2 is 1.87 bits per heavy atom. The smallest absolute Gasteiger partial charge is 0.258 e. The lowest BCUT2D eigenvalue weighted by Crippen LogP contribution is -2.34. The summed E-state index contributed by atoms with van der Waals surface area (Å²) >= 11 is 0. The fourth-order valence-electron chi connectivity index (χ4n) is 4.12. The first-order chi connectivity index (χ1) is 14.2. The molecule has 0 bridgehead atoms. The number of ether oxygens (including phenoxy) is 1. The topological polar surface area (TPSA) is 41.6 Å². The standard InChI is InChI=1S/C26H36N2O2/c1-19-9-8-16-28(17-19)22-14-12-21(13-15-22)20(2)27-25(29)18-30-24-11-7-6-10-23(24)26(3,4)5/h6-7,10-15,19-20H,8-9,16-18H2,1-5H3,(H,27,29)/t19-,20+/m0/s1. The van der Waals surface area contributed by atoms with Gasteiger partial charge in [-0.05, 0) is 60.4 Å². The molecular formula is C26H36N2O2. The lowest BCUT2D eigenvalue weighted by molar-refractivity contribution is -0.123. The SMILES string of the molecule is C[C@H]1CCCN(c2ccc([C@@H](C)NC(=O)COc3ccccc3C(C)(C)C)cc2)C1. The Kier molecular flexibility index (Phi) is 7.06. The zero-order chi connectivity index (χ0) is 21.7. The maximum absolute atomic E-state index is 12.5. The molecule has 2 aromatic rings. The Hall–Kier alpha value is -2.49. The van der Waals surface area contributed by atoms with Gasteiger partial charge in [0.2, 0.25) is 0 Å². The van der Waals surface area contributed by atoms with Gasteiger partial charge < -0.3 is 15.0 Å². The fraction of sp³-hybridized carbons (Fsp3) is 0.500. The van der Waals surface area contributed by atoms with Gasteiger partial charge in [-0.25, -0.2) is 0 Å². The number of anilines is 1. The van der Waals surface area contributed by atoms with Crippen LogP contribution >= 0.6 is 0 Å². The third-order valence-electron chi connectivity index (χ3n) is 5.85. The van der Waals surface area contributed by atoms with E-state index in [1.165, 1.54) is 18.5 Å². The summed E-state index contributed by atoms with van der Waals surface area (Å²) in [6.45, 7) is 13.0. The van der Waals surface area contributed by atoms with Gasteiger partial charge in [0.15, 0.2) is 6.61 Å². The first-order valence-corrected chi connectivity index (χ1v) is 11.1. The van der Waals surface area contributed by atoms with Crippen LogP contribution in [0.4, 0.5) is 5.69 Å². The second-order valence-electron chi connectivity index (χ2n) is 9.61. The summed E-state index contributed by atoms with van der Waals surface area (Å²) in [5.74, 6) is 1.41. The quantitative estimate of drug-likeness (QED) is 0.688. The van der Waals surface area contributed by atoms with Crippen LogP contribution in [0.3, 0.4) is 0 Å². The zero-order valence-corrected chi connectivity index (χ0v) is 19.1. The van der Waals surface area contributed by atoms with Gasteiger partial charge in [0, 0.05) is 18.8 Å². The van der Waals surface area contributed by atoms with Crippen LogP contribution in [-0.2, 0) is 10.2 Å². The molecule has 2 aromatic carbocycles. The highest BCUT2D eigenvalue weighted by atomic mass is 16.5. The van der Waals surface area contributed by atoms with Crippen molar-refractivity contribution in [3.05, 3.63) is 59.7 Å². The second-order valence-corrected chi connectivity index (χ2v) is 9.61. The molecule has 1 aliphatic rings. The monoisotopic (exact) mass is 408 g/mol. The van der Waals surface area contributed by atoms with Gasteiger partial charge >= 0.3 is 0 Å². The number of piperidine rings is 1. The summed E-state index contributed by atoms with van der Waals surface area (Å²) in [6.07, 6.45) is 2.58. The van der Waals surface area contributed by atoms with Gasteiger partial charge in [-0.2, -0.15) is 0 Å². The van der Waals surface area contributed by atoms with E-state index in [1.54, 1.807) is 0 Å². The van der Waals surface area contributed by atoms with E-state index in [0.29, 0.717) is 0 Å². The number of benzene rings is 2. The zero-order valence-electron chi connectivity index (χ0n) is 19.1. The fourth-order valence-corrected chi connectivity index (χ4v) is 4.12. The molecule has 1 heterocycles. The number of para-hydroxylation sites is 1. The minimum Gasteiger partial charge on any atom is -0.483 e. The van der Waals surface area contributed by atoms with Crippen LogP contribution in [0.5, 0.6) is 5.75 Å². The van der Waals surface area contributed by atoms with Crippen LogP contribution in [0, 0.1) is 5.92 Å². The molecule has 4 heteroatoms. The summed E-state index contributed by atoms with van der Waals surface area (Å²) < 4.78 is 5.85. The van der Waals surface area contributed by atoms with E-state index in [0.717, 1.165) is 35.9 Å². The number of nitrogens with one attached hydrogen (secondary N) is 1. The van der Waals surface area contributed by atoms with E-state index < -0.39 is 0 Å². The predicted molar refractivity (Wildman–Crippen MR) is 124 cm³/mol. The first kappa shape index (κ1) is 22.2. The molecule has 1 saturated heterocycles. The van der Waals surface area contributed by atoms with Gasteiger partial charge in [-0.15, -0.1) is 0 Å². The van der Waals surface area contributed by atoms with Crippen molar-refractivity contribution in [2.24, 2.45) is 5.92 Å². The van der Waals surface area contributed by atoms with Gasteiger partial charge in [0.05, 0.1) is 6.04 Å². The maximum atomic E-state index is 12.5. The van der Waals surface area contributed by atoms with Crippen molar-refractivity contribution in [3.63, 3.8) is 0 Å². The number of nitrogens with zero attached hydrogens (tertiary/aromatic N) is 1. The molecule has 4 nitrogen and oxygen atoms in total. The summed E-state index contributed by atoms with van der Waals surface area (Å²) in [7, 11) is 0. The van der Waals surface area contributed by atoms with Crippen molar-refractivity contribution in [2.45, 2.75) is 58.9 Å². The van der Waals surface area contributed by atoms with Crippen LogP contribution < -0.4 is 15.0 Å². The Labute approximate surface area is 181 Å². The summed E-state index contributed by atoms with van der Waals surface area (Å²) in [5, 5.41) is 3.05. The molecule has 1 aliphatic heterocycles. The van der Waals surface area contributed by atoms with Crippen molar-refractivity contribution >= 4 is 11.6 Å². The normalized spacial score (nSPS) is 18.0. The van der Waals surface area contributed by atoms with Crippen LogP contribution in [-0.4, -0.2) is 25.6 Å². The average molecular weight is 409 g/mol. The lowest BCUT2D eigenvalue weighted by atomic mass is 9.86. The summed E-state index contributed by atoms with van der Waals surface area (Å²) in [5.41, 5.74) is 3.44. The number of carbonyl (C=O) groups is 1. The molecule has 162 valence electrons. The number of amides is 1. The first-order valence-electron chi connectivity index (χ1n) is 11.1. The molecule has 0 radical (unpaired) electrons. The van der Waals surface area contributed by atoms with Gasteiger partial charge in [-0.1, -0.05) is 58.0 Å². The van der Waals surface area contributed by atoms with Gasteiger partial charge in [0.25, 0.3) is 5.91 Å². The van der Waals surface area contributed by atoms with E-state index in [9.17, 15) is 4.79 Å². The largest absolute Gasteiger partial charge is 0.483 e. The Morgan fingerprint density at radius 1 is 1.17 bits per heavy atom. The molecule has 0 aromatic heterocycles. The molecule has 1 fully saturated rings.